The molecule has 0 aliphatic carbocycles. The molecule has 0 aliphatic heterocycles. The van der Waals surface area contributed by atoms with Gasteiger partial charge < -0.3 is 25.4 Å². The Kier molecular flexibility index (Phi) is 12.3. The highest BCUT2D eigenvalue weighted by Crippen LogP contribution is 2.19. The third-order valence-electron chi connectivity index (χ3n) is 1.50. The zero-order valence-corrected chi connectivity index (χ0v) is 10.5. The van der Waals surface area contributed by atoms with Crippen LogP contribution in [0.25, 0.3) is 0 Å². The van der Waals surface area contributed by atoms with E-state index in [-0.39, 0.29) is 6.10 Å². The molecule has 0 radical (unpaired) electrons. The first-order valence-electron chi connectivity index (χ1n) is 4.74. The summed E-state index contributed by atoms with van der Waals surface area (Å²) in [5.74, 6) is 0. The van der Waals surface area contributed by atoms with Crippen LogP contribution >= 0.6 is 0 Å². The summed E-state index contributed by atoms with van der Waals surface area (Å²) in [6, 6.07) is 0. The summed E-state index contributed by atoms with van der Waals surface area (Å²) in [7, 11) is -0.750. The molecular weight excluding hydrogens is 199 g/mol. The third kappa shape index (κ3) is 24.8. The average molecular weight is 224 g/mol. The van der Waals surface area contributed by atoms with Gasteiger partial charge >= 0.3 is 7.69 Å². The molecule has 0 aromatic carbocycles. The van der Waals surface area contributed by atoms with Crippen LogP contribution in [0.2, 0.25) is 0 Å². The Balaban J connectivity index is -0.000000173. The number of aliphatic hydroxyl groups excluding tert-OH is 1. The fourth-order valence-electron chi connectivity index (χ4n) is 0. The lowest BCUT2D eigenvalue weighted by Crippen LogP contribution is -2.44. The molecule has 15 heavy (non-hydrogen) atoms. The molecule has 0 atom stereocenters. The third-order valence-corrected chi connectivity index (χ3v) is 1.50. The Bertz CT molecular complexity index is 111. The second-order valence-corrected chi connectivity index (χ2v) is 4.35. The quantitative estimate of drug-likeness (QED) is 0.373. The van der Waals surface area contributed by atoms with Gasteiger partial charge in [0.1, 0.15) is 0 Å². The van der Waals surface area contributed by atoms with Crippen molar-refractivity contribution in [3.8, 4) is 0 Å². The van der Waals surface area contributed by atoms with Crippen LogP contribution in [0.1, 0.15) is 41.5 Å². The molecular formula is C9H25BO5. The Morgan fingerprint density at radius 3 is 0.933 bits per heavy atom. The van der Waals surface area contributed by atoms with Gasteiger partial charge in [-0.25, -0.2) is 0 Å². The van der Waals surface area contributed by atoms with E-state index < -0.39 is 18.9 Å². The van der Waals surface area contributed by atoms with Crippen molar-refractivity contribution in [2.24, 2.45) is 0 Å². The van der Waals surface area contributed by atoms with E-state index in [0.717, 1.165) is 0 Å². The van der Waals surface area contributed by atoms with Crippen molar-refractivity contribution < 1.29 is 25.4 Å². The first-order chi connectivity index (χ1) is 6.40. The summed E-state index contributed by atoms with van der Waals surface area (Å²) in [4.78, 5) is 0. The second-order valence-electron chi connectivity index (χ2n) is 4.35. The molecule has 0 fully saturated rings. The van der Waals surface area contributed by atoms with E-state index in [1.54, 1.807) is 41.5 Å². The van der Waals surface area contributed by atoms with Crippen molar-refractivity contribution in [1.82, 2.24) is 0 Å². The fourth-order valence-corrected chi connectivity index (χ4v) is 0. The molecule has 0 spiro atoms. The Labute approximate surface area is 92.7 Å². The summed E-state index contributed by atoms with van der Waals surface area (Å²) in [6.45, 7) is 9.75. The van der Waals surface area contributed by atoms with Gasteiger partial charge in [-0.05, 0) is 41.5 Å². The van der Waals surface area contributed by atoms with Gasteiger partial charge in [-0.1, -0.05) is 0 Å². The molecule has 0 aromatic heterocycles. The van der Waals surface area contributed by atoms with Gasteiger partial charge in [0.05, 0.1) is 11.2 Å². The van der Waals surface area contributed by atoms with Gasteiger partial charge in [0.2, 0.25) is 0 Å². The molecule has 0 saturated heterocycles. The largest absolute Gasteiger partial charge is 0.432 e. The van der Waals surface area contributed by atoms with Crippen molar-refractivity contribution in [2.45, 2.75) is 58.8 Å². The van der Waals surface area contributed by atoms with Crippen LogP contribution in [-0.2, 0) is 0 Å². The molecule has 94 valence electrons. The molecule has 0 unspecified atom stereocenters. The fraction of sp³-hybridized carbons (Fsp3) is 1.00. The lowest BCUT2D eigenvalue weighted by molar-refractivity contribution is -0.107. The molecule has 0 heterocycles. The molecule has 0 rings (SSSR count). The zero-order valence-electron chi connectivity index (χ0n) is 10.5. The normalized spacial score (nSPS) is 10.9. The second kappa shape index (κ2) is 9.12. The van der Waals surface area contributed by atoms with E-state index in [2.05, 4.69) is 0 Å². The van der Waals surface area contributed by atoms with E-state index in [4.69, 9.17) is 25.4 Å². The first-order valence-corrected chi connectivity index (χ1v) is 4.74. The van der Waals surface area contributed by atoms with E-state index in [0.29, 0.717) is 0 Å². The van der Waals surface area contributed by atoms with E-state index in [9.17, 15) is 0 Å². The standard InChI is InChI=1S/C6H14O2.C3H8O.BH3O2/c1-5(2,7)6(3,4)8;1-3(2)4;2-1-3/h7-8H,1-4H3;3-4H,1-2H3;1-3H. The molecule has 0 amide bonds. The summed E-state index contributed by atoms with van der Waals surface area (Å²) >= 11 is 0. The van der Waals surface area contributed by atoms with Crippen LogP contribution in [0, 0.1) is 0 Å². The van der Waals surface area contributed by atoms with Crippen molar-refractivity contribution in [2.75, 3.05) is 0 Å². The van der Waals surface area contributed by atoms with Gasteiger partial charge in [-0.2, -0.15) is 0 Å². The van der Waals surface area contributed by atoms with Gasteiger partial charge in [0.15, 0.2) is 0 Å². The number of hydrogen-bond donors (Lipinski definition) is 5. The monoisotopic (exact) mass is 224 g/mol. The summed E-state index contributed by atoms with van der Waals surface area (Å²) in [5.41, 5.74) is -2.01. The van der Waals surface area contributed by atoms with E-state index in [1.165, 1.54) is 0 Å². The topological polar surface area (TPSA) is 101 Å². The number of aliphatic hydroxyl groups is 3. The summed E-state index contributed by atoms with van der Waals surface area (Å²) in [6.07, 6.45) is -0.167. The van der Waals surface area contributed by atoms with Crippen LogP contribution in [0.5, 0.6) is 0 Å². The maximum absolute atomic E-state index is 9.10. The molecule has 5 N–H and O–H groups in total. The average Bonchev–Trinajstić information content (AvgIpc) is 1.81. The number of rotatable bonds is 1. The van der Waals surface area contributed by atoms with E-state index in [1.807, 2.05) is 0 Å². The van der Waals surface area contributed by atoms with E-state index >= 15 is 0 Å². The minimum atomic E-state index is -1.01. The van der Waals surface area contributed by atoms with Gasteiger partial charge in [0.25, 0.3) is 0 Å². The predicted molar refractivity (Wildman–Crippen MR) is 61.5 cm³/mol. The maximum atomic E-state index is 9.10. The van der Waals surface area contributed by atoms with Crippen molar-refractivity contribution >= 4 is 7.69 Å². The molecule has 0 saturated carbocycles. The summed E-state index contributed by atoms with van der Waals surface area (Å²) < 4.78 is 0. The van der Waals surface area contributed by atoms with Crippen LogP contribution in [0.15, 0.2) is 0 Å². The molecule has 0 bridgehead atoms. The maximum Gasteiger partial charge on any atom is 0.432 e. The highest BCUT2D eigenvalue weighted by molar-refractivity contribution is 6.13. The Hall–Kier alpha value is -0.135. The predicted octanol–water partition coefficient (Wildman–Crippen LogP) is -0.847. The highest BCUT2D eigenvalue weighted by atomic mass is 16.4. The van der Waals surface area contributed by atoms with Crippen LogP contribution in [-0.4, -0.2) is 50.4 Å². The van der Waals surface area contributed by atoms with Crippen molar-refractivity contribution in [1.29, 1.82) is 0 Å². The SMILES string of the molecule is CC(C)(O)C(C)(C)O.CC(C)O.OBO. The molecule has 0 aromatic rings. The number of hydrogen-bond acceptors (Lipinski definition) is 5. The lowest BCUT2D eigenvalue weighted by Gasteiger charge is -2.31. The minimum absolute atomic E-state index is 0.167. The van der Waals surface area contributed by atoms with Crippen LogP contribution in [0.4, 0.5) is 0 Å². The smallest absolute Gasteiger partial charge is 0.430 e. The van der Waals surface area contributed by atoms with Gasteiger partial charge in [0, 0.05) is 6.10 Å². The summed E-state index contributed by atoms with van der Waals surface area (Å²) in [5, 5.41) is 40.5. The Morgan fingerprint density at radius 2 is 0.933 bits per heavy atom. The lowest BCUT2D eigenvalue weighted by atomic mass is 9.90. The highest BCUT2D eigenvalue weighted by Gasteiger charge is 2.31. The minimum Gasteiger partial charge on any atom is -0.430 e. The molecule has 5 nitrogen and oxygen atoms in total. The van der Waals surface area contributed by atoms with Crippen LogP contribution in [0.3, 0.4) is 0 Å². The molecule has 6 heteroatoms. The first kappa shape index (κ1) is 20.3. The van der Waals surface area contributed by atoms with Gasteiger partial charge in [-0.3, -0.25) is 0 Å². The van der Waals surface area contributed by atoms with Crippen molar-refractivity contribution in [3.05, 3.63) is 0 Å². The molecule has 0 aliphatic rings. The van der Waals surface area contributed by atoms with Crippen molar-refractivity contribution in [3.63, 3.8) is 0 Å². The van der Waals surface area contributed by atoms with Gasteiger partial charge in [-0.15, -0.1) is 0 Å². The zero-order chi connectivity index (χ0) is 13.3. The van der Waals surface area contributed by atoms with Crippen LogP contribution < -0.4 is 0 Å². The Morgan fingerprint density at radius 1 is 0.867 bits per heavy atom.